The predicted molar refractivity (Wildman–Crippen MR) is 90.2 cm³/mol. The molecule has 0 aliphatic carbocycles. The van der Waals surface area contributed by atoms with Crippen molar-refractivity contribution in [3.8, 4) is 11.3 Å². The van der Waals surface area contributed by atoms with E-state index in [1.807, 2.05) is 35.7 Å². The summed E-state index contributed by atoms with van der Waals surface area (Å²) in [5, 5.41) is 2.80. The molecule has 0 aliphatic rings. The zero-order chi connectivity index (χ0) is 14.7. The van der Waals surface area contributed by atoms with Crippen LogP contribution in [0.2, 0.25) is 4.34 Å². The summed E-state index contributed by atoms with van der Waals surface area (Å²) in [5.74, 6) is -0.0524. The van der Waals surface area contributed by atoms with Crippen molar-refractivity contribution >= 4 is 46.1 Å². The third-order valence-electron chi connectivity index (χ3n) is 2.78. The molecule has 3 rings (SSSR count). The fourth-order valence-corrected chi connectivity index (χ4v) is 3.46. The smallest absolute Gasteiger partial charge is 0.195 e. The number of ketones is 1. The average Bonchev–Trinajstić information content (AvgIpc) is 3.15. The Morgan fingerprint density at radius 3 is 2.67 bits per heavy atom. The lowest BCUT2D eigenvalue weighted by atomic mass is 10.2. The predicted octanol–water partition coefficient (Wildman–Crippen LogP) is 5.42. The number of allylic oxidation sites excluding steroid dienone is 1. The summed E-state index contributed by atoms with van der Waals surface area (Å²) >= 11 is 8.62. The van der Waals surface area contributed by atoms with E-state index in [9.17, 15) is 4.79 Å². The number of thiazole rings is 1. The van der Waals surface area contributed by atoms with Gasteiger partial charge in [0.2, 0.25) is 0 Å². The standard InChI is InChI=1S/C16H10ClNOS2/c17-15-8-7-14(21-15)13(19)6-9-16-18-12(10-20-16)11-4-2-1-3-5-11/h1-10H/b9-6-. The summed E-state index contributed by atoms with van der Waals surface area (Å²) in [5.41, 5.74) is 2.00. The first-order valence-corrected chi connectivity index (χ1v) is 8.28. The molecule has 0 amide bonds. The van der Waals surface area contributed by atoms with Crippen LogP contribution in [0.4, 0.5) is 0 Å². The third-order valence-corrected chi connectivity index (χ3v) is 4.84. The van der Waals surface area contributed by atoms with E-state index >= 15 is 0 Å². The first-order chi connectivity index (χ1) is 10.2. The van der Waals surface area contributed by atoms with E-state index in [0.29, 0.717) is 9.21 Å². The molecule has 1 aromatic carbocycles. The Morgan fingerprint density at radius 1 is 1.14 bits per heavy atom. The van der Waals surface area contributed by atoms with Gasteiger partial charge >= 0.3 is 0 Å². The fraction of sp³-hybridized carbons (Fsp3) is 0. The normalized spacial score (nSPS) is 11.1. The second-order valence-corrected chi connectivity index (χ2v) is 6.84. The first kappa shape index (κ1) is 14.2. The number of carbonyl (C=O) groups excluding carboxylic acids is 1. The van der Waals surface area contributed by atoms with Crippen molar-refractivity contribution in [1.82, 2.24) is 4.98 Å². The van der Waals surface area contributed by atoms with Crippen molar-refractivity contribution < 1.29 is 4.79 Å². The maximum absolute atomic E-state index is 11.9. The van der Waals surface area contributed by atoms with Gasteiger partial charge in [-0.05, 0) is 24.3 Å². The summed E-state index contributed by atoms with van der Waals surface area (Å²) < 4.78 is 0.618. The van der Waals surface area contributed by atoms with Gasteiger partial charge in [0.25, 0.3) is 0 Å². The molecule has 0 unspecified atom stereocenters. The summed E-state index contributed by atoms with van der Waals surface area (Å²) in [4.78, 5) is 17.1. The van der Waals surface area contributed by atoms with E-state index in [2.05, 4.69) is 4.98 Å². The van der Waals surface area contributed by atoms with Crippen LogP contribution in [0.25, 0.3) is 17.3 Å². The number of hydrogen-bond donors (Lipinski definition) is 0. The SMILES string of the molecule is O=C(/C=C\c1nc(-c2ccccc2)cs1)c1ccc(Cl)s1. The van der Waals surface area contributed by atoms with Crippen LogP contribution < -0.4 is 0 Å². The molecule has 0 atom stereocenters. The molecule has 0 fully saturated rings. The molecule has 2 nitrogen and oxygen atoms in total. The highest BCUT2D eigenvalue weighted by atomic mass is 35.5. The molecule has 0 saturated carbocycles. The molecule has 3 aromatic rings. The molecule has 0 bridgehead atoms. The zero-order valence-electron chi connectivity index (χ0n) is 10.8. The highest BCUT2D eigenvalue weighted by Crippen LogP contribution is 2.24. The van der Waals surface area contributed by atoms with Crippen molar-refractivity contribution in [2.45, 2.75) is 0 Å². The number of hydrogen-bond acceptors (Lipinski definition) is 4. The summed E-state index contributed by atoms with van der Waals surface area (Å²) in [6.45, 7) is 0. The molecule has 2 aromatic heterocycles. The number of halogens is 1. The van der Waals surface area contributed by atoms with Crippen LogP contribution in [0.1, 0.15) is 14.7 Å². The summed E-state index contributed by atoms with van der Waals surface area (Å²) in [6.07, 6.45) is 3.28. The fourth-order valence-electron chi connectivity index (χ4n) is 1.78. The Labute approximate surface area is 135 Å². The van der Waals surface area contributed by atoms with Gasteiger partial charge in [0, 0.05) is 10.9 Å². The van der Waals surface area contributed by atoms with Crippen molar-refractivity contribution in [1.29, 1.82) is 0 Å². The van der Waals surface area contributed by atoms with Gasteiger partial charge in [-0.3, -0.25) is 4.79 Å². The Morgan fingerprint density at radius 2 is 1.95 bits per heavy atom. The maximum Gasteiger partial charge on any atom is 0.195 e. The number of benzene rings is 1. The number of thiophene rings is 1. The second-order valence-electron chi connectivity index (χ2n) is 4.24. The van der Waals surface area contributed by atoms with Gasteiger partial charge in [0.15, 0.2) is 5.78 Å². The van der Waals surface area contributed by atoms with Crippen LogP contribution >= 0.6 is 34.3 Å². The maximum atomic E-state index is 11.9. The number of aromatic nitrogens is 1. The van der Waals surface area contributed by atoms with E-state index in [4.69, 9.17) is 11.6 Å². The molecule has 104 valence electrons. The molecule has 0 N–H and O–H groups in total. The van der Waals surface area contributed by atoms with Gasteiger partial charge in [-0.2, -0.15) is 0 Å². The summed E-state index contributed by atoms with van der Waals surface area (Å²) in [7, 11) is 0. The van der Waals surface area contributed by atoms with Crippen molar-refractivity contribution in [3.63, 3.8) is 0 Å². The number of rotatable bonds is 4. The number of nitrogens with zero attached hydrogens (tertiary/aromatic N) is 1. The van der Waals surface area contributed by atoms with E-state index in [0.717, 1.165) is 16.3 Å². The monoisotopic (exact) mass is 331 g/mol. The van der Waals surface area contributed by atoms with Gasteiger partial charge in [0.1, 0.15) is 5.01 Å². The average molecular weight is 332 g/mol. The number of carbonyl (C=O) groups is 1. The van der Waals surface area contributed by atoms with Crippen LogP contribution in [-0.4, -0.2) is 10.8 Å². The molecule has 0 saturated heterocycles. The van der Waals surface area contributed by atoms with Gasteiger partial charge in [-0.15, -0.1) is 22.7 Å². The molecule has 0 radical (unpaired) electrons. The molecule has 21 heavy (non-hydrogen) atoms. The van der Waals surface area contributed by atoms with Crippen molar-refractivity contribution in [3.05, 3.63) is 68.1 Å². The Hall–Kier alpha value is -1.75. The highest BCUT2D eigenvalue weighted by molar-refractivity contribution is 7.18. The van der Waals surface area contributed by atoms with E-state index in [1.54, 1.807) is 18.2 Å². The Balaban J connectivity index is 1.75. The van der Waals surface area contributed by atoms with Gasteiger partial charge in [-0.25, -0.2) is 4.98 Å². The summed E-state index contributed by atoms with van der Waals surface area (Å²) in [6, 6.07) is 13.4. The zero-order valence-corrected chi connectivity index (χ0v) is 13.2. The lowest BCUT2D eigenvalue weighted by Gasteiger charge is -1.93. The molecule has 0 aliphatic heterocycles. The minimum Gasteiger partial charge on any atom is -0.288 e. The minimum atomic E-state index is -0.0524. The van der Waals surface area contributed by atoms with Crippen LogP contribution in [0.3, 0.4) is 0 Å². The van der Waals surface area contributed by atoms with Crippen LogP contribution in [0.5, 0.6) is 0 Å². The van der Waals surface area contributed by atoms with E-state index < -0.39 is 0 Å². The second kappa shape index (κ2) is 6.35. The van der Waals surface area contributed by atoms with Gasteiger partial charge < -0.3 is 0 Å². The Bertz CT molecular complexity index is 789. The van der Waals surface area contributed by atoms with E-state index in [-0.39, 0.29) is 5.78 Å². The van der Waals surface area contributed by atoms with E-state index in [1.165, 1.54) is 28.7 Å². The van der Waals surface area contributed by atoms with Crippen LogP contribution in [0, 0.1) is 0 Å². The van der Waals surface area contributed by atoms with Crippen molar-refractivity contribution in [2.75, 3.05) is 0 Å². The van der Waals surface area contributed by atoms with Crippen LogP contribution in [-0.2, 0) is 0 Å². The molecule has 2 heterocycles. The molecule has 5 heteroatoms. The van der Waals surface area contributed by atoms with Crippen molar-refractivity contribution in [2.24, 2.45) is 0 Å². The molecular weight excluding hydrogens is 322 g/mol. The highest BCUT2D eigenvalue weighted by Gasteiger charge is 2.06. The van der Waals surface area contributed by atoms with Crippen LogP contribution in [0.15, 0.2) is 53.9 Å². The minimum absolute atomic E-state index is 0.0524. The third kappa shape index (κ3) is 3.47. The lowest BCUT2D eigenvalue weighted by Crippen LogP contribution is -1.88. The molecule has 0 spiro atoms. The topological polar surface area (TPSA) is 30.0 Å². The first-order valence-electron chi connectivity index (χ1n) is 6.21. The largest absolute Gasteiger partial charge is 0.288 e. The van der Waals surface area contributed by atoms with Gasteiger partial charge in [-0.1, -0.05) is 41.9 Å². The quantitative estimate of drug-likeness (QED) is 0.472. The van der Waals surface area contributed by atoms with Gasteiger partial charge in [0.05, 0.1) is 14.9 Å². The molecular formula is C16H10ClNOS2. The lowest BCUT2D eigenvalue weighted by molar-refractivity contribution is 0.105. The Kier molecular flexibility index (Phi) is 4.29.